The van der Waals surface area contributed by atoms with Gasteiger partial charge in [-0.2, -0.15) is 0 Å². The highest BCUT2D eigenvalue weighted by molar-refractivity contribution is 5.33. The van der Waals surface area contributed by atoms with E-state index in [1.54, 1.807) is 12.3 Å². The molecule has 0 bridgehead atoms. The first-order valence-corrected chi connectivity index (χ1v) is 5.18. The van der Waals surface area contributed by atoms with Crippen molar-refractivity contribution in [3.8, 4) is 0 Å². The molecule has 3 heteroatoms. The van der Waals surface area contributed by atoms with E-state index in [1.807, 2.05) is 0 Å². The van der Waals surface area contributed by atoms with Gasteiger partial charge in [-0.1, -0.05) is 19.3 Å². The Kier molecular flexibility index (Phi) is 2.66. The number of rotatable bonds is 1. The number of anilines is 1. The number of nitrogen functional groups attached to an aromatic ring is 1. The van der Waals surface area contributed by atoms with Crippen LogP contribution in [-0.2, 0) is 0 Å². The molecule has 1 heterocycles. The van der Waals surface area contributed by atoms with Crippen LogP contribution in [0.5, 0.6) is 0 Å². The summed E-state index contributed by atoms with van der Waals surface area (Å²) in [5.74, 6) is 0.115. The summed E-state index contributed by atoms with van der Waals surface area (Å²) >= 11 is 0. The lowest BCUT2D eigenvalue weighted by Gasteiger charge is -2.21. The third-order valence-electron chi connectivity index (χ3n) is 2.97. The van der Waals surface area contributed by atoms with Crippen molar-refractivity contribution in [2.45, 2.75) is 38.0 Å². The molecule has 1 aliphatic carbocycles. The van der Waals surface area contributed by atoms with E-state index in [-0.39, 0.29) is 11.6 Å². The van der Waals surface area contributed by atoms with E-state index in [4.69, 9.17) is 5.73 Å². The zero-order valence-corrected chi connectivity index (χ0v) is 8.17. The molecule has 0 spiro atoms. The second-order valence-corrected chi connectivity index (χ2v) is 3.97. The van der Waals surface area contributed by atoms with Crippen LogP contribution < -0.4 is 5.73 Å². The molecule has 76 valence electrons. The number of aromatic nitrogens is 1. The third kappa shape index (κ3) is 1.86. The van der Waals surface area contributed by atoms with E-state index in [9.17, 15) is 4.39 Å². The van der Waals surface area contributed by atoms with Gasteiger partial charge in [0, 0.05) is 6.20 Å². The SMILES string of the molecule is Nc1ncc(C2CCCCC2)cc1F. The molecule has 0 radical (unpaired) electrons. The molecule has 2 nitrogen and oxygen atoms in total. The Labute approximate surface area is 83.3 Å². The molecular weight excluding hydrogens is 179 g/mol. The summed E-state index contributed by atoms with van der Waals surface area (Å²) in [4.78, 5) is 3.86. The number of halogens is 1. The van der Waals surface area contributed by atoms with Gasteiger partial charge in [-0.15, -0.1) is 0 Å². The van der Waals surface area contributed by atoms with E-state index in [0.717, 1.165) is 18.4 Å². The van der Waals surface area contributed by atoms with Crippen LogP contribution in [0.4, 0.5) is 10.2 Å². The normalized spacial score (nSPS) is 18.4. The molecule has 0 saturated heterocycles. The number of pyridine rings is 1. The summed E-state index contributed by atoms with van der Waals surface area (Å²) in [6.07, 6.45) is 7.83. The van der Waals surface area contributed by atoms with E-state index < -0.39 is 0 Å². The van der Waals surface area contributed by atoms with Crippen molar-refractivity contribution in [3.63, 3.8) is 0 Å². The van der Waals surface area contributed by atoms with E-state index in [0.29, 0.717) is 5.92 Å². The molecule has 14 heavy (non-hydrogen) atoms. The lowest BCUT2D eigenvalue weighted by Crippen LogP contribution is -2.06. The van der Waals surface area contributed by atoms with Gasteiger partial charge in [0.15, 0.2) is 11.6 Å². The lowest BCUT2D eigenvalue weighted by molar-refractivity contribution is 0.441. The monoisotopic (exact) mass is 194 g/mol. The Balaban J connectivity index is 2.18. The molecule has 1 fully saturated rings. The molecule has 0 aliphatic heterocycles. The summed E-state index contributed by atoms with van der Waals surface area (Å²) in [5.41, 5.74) is 6.34. The van der Waals surface area contributed by atoms with Gasteiger partial charge in [0.1, 0.15) is 0 Å². The molecule has 1 saturated carbocycles. The van der Waals surface area contributed by atoms with Crippen molar-refractivity contribution in [1.29, 1.82) is 0 Å². The lowest BCUT2D eigenvalue weighted by atomic mass is 9.85. The average molecular weight is 194 g/mol. The van der Waals surface area contributed by atoms with Crippen molar-refractivity contribution in [2.24, 2.45) is 0 Å². The van der Waals surface area contributed by atoms with Crippen LogP contribution in [0.25, 0.3) is 0 Å². The van der Waals surface area contributed by atoms with Gasteiger partial charge in [0.2, 0.25) is 0 Å². The third-order valence-corrected chi connectivity index (χ3v) is 2.97. The standard InChI is InChI=1S/C11H15FN2/c12-10-6-9(7-14-11(10)13)8-4-2-1-3-5-8/h6-8H,1-5H2,(H2,13,14). The Hall–Kier alpha value is -1.12. The van der Waals surface area contributed by atoms with Gasteiger partial charge in [0.25, 0.3) is 0 Å². The predicted molar refractivity (Wildman–Crippen MR) is 54.4 cm³/mol. The zero-order valence-electron chi connectivity index (χ0n) is 8.17. The van der Waals surface area contributed by atoms with Crippen LogP contribution >= 0.6 is 0 Å². The fourth-order valence-electron chi connectivity index (χ4n) is 2.12. The van der Waals surface area contributed by atoms with E-state index in [2.05, 4.69) is 4.98 Å². The maximum absolute atomic E-state index is 13.1. The Morgan fingerprint density at radius 3 is 2.64 bits per heavy atom. The fourth-order valence-corrected chi connectivity index (χ4v) is 2.12. The van der Waals surface area contributed by atoms with Crippen molar-refractivity contribution in [1.82, 2.24) is 4.98 Å². The van der Waals surface area contributed by atoms with Crippen molar-refractivity contribution < 1.29 is 4.39 Å². The highest BCUT2D eigenvalue weighted by atomic mass is 19.1. The highest BCUT2D eigenvalue weighted by Crippen LogP contribution is 2.32. The first kappa shape index (κ1) is 9.44. The van der Waals surface area contributed by atoms with Crippen LogP contribution in [0, 0.1) is 5.82 Å². The molecule has 0 atom stereocenters. The molecular formula is C11H15FN2. The molecule has 2 N–H and O–H groups in total. The summed E-state index contributed by atoms with van der Waals surface area (Å²) < 4.78 is 13.1. The molecule has 1 aliphatic rings. The topological polar surface area (TPSA) is 38.9 Å². The second kappa shape index (κ2) is 3.95. The molecule has 0 amide bonds. The molecule has 2 rings (SSSR count). The Morgan fingerprint density at radius 2 is 2.00 bits per heavy atom. The minimum Gasteiger partial charge on any atom is -0.381 e. The van der Waals surface area contributed by atoms with Crippen LogP contribution in [0.2, 0.25) is 0 Å². The first-order valence-electron chi connectivity index (χ1n) is 5.18. The van der Waals surface area contributed by atoms with Gasteiger partial charge in [-0.05, 0) is 30.4 Å². The van der Waals surface area contributed by atoms with Crippen molar-refractivity contribution in [2.75, 3.05) is 5.73 Å². The average Bonchev–Trinajstić information content (AvgIpc) is 2.23. The van der Waals surface area contributed by atoms with Crippen LogP contribution in [-0.4, -0.2) is 4.98 Å². The van der Waals surface area contributed by atoms with Crippen molar-refractivity contribution >= 4 is 5.82 Å². The minimum atomic E-state index is -0.381. The van der Waals surface area contributed by atoms with Crippen molar-refractivity contribution in [3.05, 3.63) is 23.6 Å². The predicted octanol–water partition coefficient (Wildman–Crippen LogP) is 2.85. The van der Waals surface area contributed by atoms with Gasteiger partial charge in [0.05, 0.1) is 0 Å². The molecule has 1 aromatic rings. The zero-order chi connectivity index (χ0) is 9.97. The number of nitrogens with zero attached hydrogens (tertiary/aromatic N) is 1. The Bertz CT molecular complexity index is 319. The highest BCUT2D eigenvalue weighted by Gasteiger charge is 2.16. The summed E-state index contributed by atoms with van der Waals surface area (Å²) in [6.45, 7) is 0. The number of hydrogen-bond donors (Lipinski definition) is 1. The molecule has 0 aromatic carbocycles. The minimum absolute atomic E-state index is 0.00422. The van der Waals surface area contributed by atoms with Gasteiger partial charge in [-0.25, -0.2) is 9.37 Å². The number of nitrogens with two attached hydrogens (primary N) is 1. The quantitative estimate of drug-likeness (QED) is 0.746. The summed E-state index contributed by atoms with van der Waals surface area (Å²) in [7, 11) is 0. The smallest absolute Gasteiger partial charge is 0.165 e. The largest absolute Gasteiger partial charge is 0.381 e. The van der Waals surface area contributed by atoms with Crippen LogP contribution in [0.3, 0.4) is 0 Å². The maximum Gasteiger partial charge on any atom is 0.165 e. The summed E-state index contributed by atoms with van der Waals surface area (Å²) in [6, 6.07) is 1.54. The molecule has 0 unspecified atom stereocenters. The second-order valence-electron chi connectivity index (χ2n) is 3.97. The van der Waals surface area contributed by atoms with Gasteiger partial charge in [-0.3, -0.25) is 0 Å². The number of hydrogen-bond acceptors (Lipinski definition) is 2. The van der Waals surface area contributed by atoms with E-state index in [1.165, 1.54) is 19.3 Å². The van der Waals surface area contributed by atoms with Gasteiger partial charge < -0.3 is 5.73 Å². The van der Waals surface area contributed by atoms with Crippen LogP contribution in [0.1, 0.15) is 43.6 Å². The first-order chi connectivity index (χ1) is 6.77. The van der Waals surface area contributed by atoms with Gasteiger partial charge >= 0.3 is 0 Å². The summed E-state index contributed by atoms with van der Waals surface area (Å²) in [5, 5.41) is 0. The van der Waals surface area contributed by atoms with Crippen LogP contribution in [0.15, 0.2) is 12.3 Å². The molecule has 1 aromatic heterocycles. The van der Waals surface area contributed by atoms with E-state index >= 15 is 0 Å². The maximum atomic E-state index is 13.1. The fraction of sp³-hybridized carbons (Fsp3) is 0.545. The Morgan fingerprint density at radius 1 is 1.29 bits per heavy atom.